The van der Waals surface area contributed by atoms with E-state index >= 15 is 0 Å². The topological polar surface area (TPSA) is 41.7 Å². The smallest absolute Gasteiger partial charge is 0.0594 e. The molecule has 0 aromatic heterocycles. The highest BCUT2D eigenvalue weighted by Crippen LogP contribution is 2.37. The van der Waals surface area contributed by atoms with Gasteiger partial charge in [0.2, 0.25) is 0 Å². The SMILES string of the molecule is Cc1c(Cl)ccc2c1CN(CC(C)CN1CCOCC1)C2CN. The molecule has 1 saturated heterocycles. The Balaban J connectivity index is 1.65. The number of hydrogen-bond acceptors (Lipinski definition) is 4. The molecule has 0 bridgehead atoms. The fourth-order valence-corrected chi connectivity index (χ4v) is 4.11. The average molecular weight is 338 g/mol. The van der Waals surface area contributed by atoms with Crippen molar-refractivity contribution in [3.8, 4) is 0 Å². The van der Waals surface area contributed by atoms with Crippen LogP contribution in [0.15, 0.2) is 12.1 Å². The van der Waals surface area contributed by atoms with E-state index in [9.17, 15) is 0 Å². The van der Waals surface area contributed by atoms with E-state index in [0.29, 0.717) is 18.5 Å². The molecule has 0 aliphatic carbocycles. The summed E-state index contributed by atoms with van der Waals surface area (Å²) < 4.78 is 5.43. The first kappa shape index (κ1) is 17.2. The Morgan fingerprint density at radius 3 is 2.74 bits per heavy atom. The quantitative estimate of drug-likeness (QED) is 0.896. The van der Waals surface area contributed by atoms with Gasteiger partial charge in [-0.15, -0.1) is 0 Å². The molecule has 0 saturated carbocycles. The van der Waals surface area contributed by atoms with E-state index in [4.69, 9.17) is 22.1 Å². The Morgan fingerprint density at radius 2 is 2.04 bits per heavy atom. The Bertz CT molecular complexity index is 545. The van der Waals surface area contributed by atoms with E-state index < -0.39 is 0 Å². The number of halogens is 1. The number of ether oxygens (including phenoxy) is 1. The van der Waals surface area contributed by atoms with E-state index in [-0.39, 0.29) is 0 Å². The van der Waals surface area contributed by atoms with Crippen LogP contribution in [0.3, 0.4) is 0 Å². The van der Waals surface area contributed by atoms with Gasteiger partial charge in [-0.05, 0) is 35.6 Å². The third-order valence-corrected chi connectivity index (χ3v) is 5.58. The highest BCUT2D eigenvalue weighted by molar-refractivity contribution is 6.31. The van der Waals surface area contributed by atoms with E-state index in [1.165, 1.54) is 16.7 Å². The minimum absolute atomic E-state index is 0.327. The van der Waals surface area contributed by atoms with Gasteiger partial charge in [0.05, 0.1) is 13.2 Å². The molecular formula is C18H28ClN3O. The molecule has 2 aliphatic heterocycles. The Morgan fingerprint density at radius 1 is 1.30 bits per heavy atom. The number of nitrogens with zero attached hydrogens (tertiary/aromatic N) is 2. The van der Waals surface area contributed by atoms with E-state index in [1.54, 1.807) is 0 Å². The fourth-order valence-electron chi connectivity index (χ4n) is 3.93. The molecule has 1 aromatic carbocycles. The van der Waals surface area contributed by atoms with Crippen molar-refractivity contribution < 1.29 is 4.74 Å². The van der Waals surface area contributed by atoms with Crippen LogP contribution in [0.2, 0.25) is 5.02 Å². The molecule has 23 heavy (non-hydrogen) atoms. The van der Waals surface area contributed by atoms with Gasteiger partial charge in [-0.1, -0.05) is 24.6 Å². The first-order chi connectivity index (χ1) is 11.1. The molecule has 3 rings (SSSR count). The number of fused-ring (bicyclic) bond motifs is 1. The summed E-state index contributed by atoms with van der Waals surface area (Å²) in [6, 6.07) is 4.50. The Kier molecular flexibility index (Phi) is 5.60. The first-order valence-corrected chi connectivity index (χ1v) is 9.00. The summed E-state index contributed by atoms with van der Waals surface area (Å²) in [7, 11) is 0. The van der Waals surface area contributed by atoms with Crippen molar-refractivity contribution in [1.82, 2.24) is 9.80 Å². The van der Waals surface area contributed by atoms with E-state index in [1.807, 2.05) is 6.07 Å². The van der Waals surface area contributed by atoms with Crippen molar-refractivity contribution in [3.05, 3.63) is 33.8 Å². The van der Waals surface area contributed by atoms with Crippen LogP contribution in [0.1, 0.15) is 29.7 Å². The van der Waals surface area contributed by atoms with Crippen LogP contribution < -0.4 is 5.73 Å². The van der Waals surface area contributed by atoms with Gasteiger partial charge in [-0.2, -0.15) is 0 Å². The van der Waals surface area contributed by atoms with Crippen molar-refractivity contribution in [2.75, 3.05) is 45.9 Å². The first-order valence-electron chi connectivity index (χ1n) is 8.62. The third kappa shape index (κ3) is 3.72. The zero-order chi connectivity index (χ0) is 16.4. The summed E-state index contributed by atoms with van der Waals surface area (Å²) in [5, 5.41) is 0.864. The van der Waals surface area contributed by atoms with E-state index in [0.717, 1.165) is 51.0 Å². The number of morpholine rings is 1. The molecule has 1 fully saturated rings. The maximum Gasteiger partial charge on any atom is 0.0594 e. The summed E-state index contributed by atoms with van der Waals surface area (Å²) in [5.74, 6) is 0.618. The van der Waals surface area contributed by atoms with Crippen molar-refractivity contribution >= 4 is 11.6 Å². The predicted molar refractivity (Wildman–Crippen MR) is 94.8 cm³/mol. The lowest BCUT2D eigenvalue weighted by atomic mass is 10.0. The van der Waals surface area contributed by atoms with Crippen molar-refractivity contribution in [3.63, 3.8) is 0 Å². The molecule has 2 aliphatic rings. The molecular weight excluding hydrogens is 310 g/mol. The van der Waals surface area contributed by atoms with Crippen LogP contribution in [0.4, 0.5) is 0 Å². The van der Waals surface area contributed by atoms with Crippen molar-refractivity contribution in [1.29, 1.82) is 0 Å². The zero-order valence-corrected chi connectivity index (χ0v) is 15.0. The number of nitrogens with two attached hydrogens (primary N) is 1. The average Bonchev–Trinajstić information content (AvgIpc) is 2.89. The van der Waals surface area contributed by atoms with Gasteiger partial charge in [-0.3, -0.25) is 9.80 Å². The molecule has 2 N–H and O–H groups in total. The standard InChI is InChI=1S/C18H28ClN3O/c1-13(10-21-5-7-23-8-6-21)11-22-12-16-14(2)17(19)4-3-15(16)18(22)9-20/h3-4,13,18H,5-12,20H2,1-2H3. The second-order valence-electron chi connectivity index (χ2n) is 6.94. The fraction of sp³-hybridized carbons (Fsp3) is 0.667. The summed E-state index contributed by atoms with van der Waals surface area (Å²) in [6.45, 7) is 12.1. The van der Waals surface area contributed by atoms with Crippen LogP contribution in [-0.4, -0.2) is 55.7 Å². The monoisotopic (exact) mass is 337 g/mol. The highest BCUT2D eigenvalue weighted by Gasteiger charge is 2.31. The zero-order valence-electron chi connectivity index (χ0n) is 14.2. The largest absolute Gasteiger partial charge is 0.379 e. The maximum atomic E-state index is 6.30. The van der Waals surface area contributed by atoms with Crippen LogP contribution in [0.5, 0.6) is 0 Å². The maximum absolute atomic E-state index is 6.30. The van der Waals surface area contributed by atoms with Gasteiger partial charge in [0.15, 0.2) is 0 Å². The van der Waals surface area contributed by atoms with Crippen LogP contribution >= 0.6 is 11.6 Å². The van der Waals surface area contributed by atoms with Crippen molar-refractivity contribution in [2.45, 2.75) is 26.4 Å². The number of hydrogen-bond donors (Lipinski definition) is 1. The molecule has 0 amide bonds. The molecule has 0 radical (unpaired) electrons. The summed E-state index contributed by atoms with van der Waals surface area (Å²) in [5.41, 5.74) is 10.0. The van der Waals surface area contributed by atoms with Gasteiger partial charge in [0.1, 0.15) is 0 Å². The third-order valence-electron chi connectivity index (χ3n) is 5.17. The normalized spacial score (nSPS) is 23.9. The second kappa shape index (κ2) is 7.49. The lowest BCUT2D eigenvalue weighted by Crippen LogP contribution is -2.41. The van der Waals surface area contributed by atoms with Gasteiger partial charge < -0.3 is 10.5 Å². The van der Waals surface area contributed by atoms with Crippen LogP contribution in [0.25, 0.3) is 0 Å². The summed E-state index contributed by atoms with van der Waals surface area (Å²) in [6.07, 6.45) is 0. The van der Waals surface area contributed by atoms with Gasteiger partial charge in [-0.25, -0.2) is 0 Å². The van der Waals surface area contributed by atoms with Gasteiger partial charge in [0.25, 0.3) is 0 Å². The lowest BCUT2D eigenvalue weighted by molar-refractivity contribution is 0.0279. The Labute approximate surface area is 144 Å². The molecule has 4 nitrogen and oxygen atoms in total. The second-order valence-corrected chi connectivity index (χ2v) is 7.35. The summed E-state index contributed by atoms with van der Waals surface area (Å²) in [4.78, 5) is 5.04. The number of benzene rings is 1. The van der Waals surface area contributed by atoms with Gasteiger partial charge >= 0.3 is 0 Å². The van der Waals surface area contributed by atoms with Crippen LogP contribution in [-0.2, 0) is 11.3 Å². The molecule has 1 aromatic rings. The molecule has 128 valence electrons. The molecule has 2 atom stereocenters. The lowest BCUT2D eigenvalue weighted by Gasteiger charge is -2.32. The van der Waals surface area contributed by atoms with Gasteiger partial charge in [0, 0.05) is 50.3 Å². The predicted octanol–water partition coefficient (Wildman–Crippen LogP) is 2.43. The Hall–Kier alpha value is -0.650. The highest BCUT2D eigenvalue weighted by atomic mass is 35.5. The number of rotatable bonds is 5. The molecule has 2 unspecified atom stereocenters. The minimum Gasteiger partial charge on any atom is -0.379 e. The molecule has 5 heteroatoms. The van der Waals surface area contributed by atoms with Crippen molar-refractivity contribution in [2.24, 2.45) is 11.7 Å². The van der Waals surface area contributed by atoms with E-state index in [2.05, 4.69) is 29.7 Å². The molecule has 2 heterocycles. The van der Waals surface area contributed by atoms with Crippen LogP contribution in [0, 0.1) is 12.8 Å². The molecule has 0 spiro atoms. The minimum atomic E-state index is 0.327. The summed E-state index contributed by atoms with van der Waals surface area (Å²) >= 11 is 6.30.